The van der Waals surface area contributed by atoms with Gasteiger partial charge in [-0.15, -0.1) is 0 Å². The number of hydrogen-bond acceptors (Lipinski definition) is 2. The fourth-order valence-corrected chi connectivity index (χ4v) is 4.58. The Morgan fingerprint density at radius 2 is 1.96 bits per heavy atom. The van der Waals surface area contributed by atoms with Crippen molar-refractivity contribution in [3.63, 3.8) is 0 Å². The van der Waals surface area contributed by atoms with Crippen LogP contribution >= 0.6 is 0 Å². The van der Waals surface area contributed by atoms with Crippen molar-refractivity contribution >= 4 is 17.5 Å². The number of aryl methyl sites for hydroxylation is 1. The highest BCUT2D eigenvalue weighted by atomic mass is 16.2. The monoisotopic (exact) mass is 312 g/mol. The second-order valence-corrected chi connectivity index (χ2v) is 7.53. The predicted molar refractivity (Wildman–Crippen MR) is 89.0 cm³/mol. The van der Waals surface area contributed by atoms with E-state index in [-0.39, 0.29) is 17.7 Å². The molecule has 1 aromatic carbocycles. The van der Waals surface area contributed by atoms with Gasteiger partial charge in [0.2, 0.25) is 11.8 Å². The topological polar surface area (TPSA) is 49.4 Å². The van der Waals surface area contributed by atoms with E-state index in [9.17, 15) is 9.59 Å². The second kappa shape index (κ2) is 5.66. The van der Waals surface area contributed by atoms with Crippen molar-refractivity contribution in [1.29, 1.82) is 0 Å². The smallest absolute Gasteiger partial charge is 0.227 e. The number of rotatable bonds is 3. The zero-order valence-corrected chi connectivity index (χ0v) is 13.6. The van der Waals surface area contributed by atoms with Gasteiger partial charge in [-0.05, 0) is 50.2 Å². The Hall–Kier alpha value is -1.84. The summed E-state index contributed by atoms with van der Waals surface area (Å²) in [4.78, 5) is 26.6. The van der Waals surface area contributed by atoms with Crippen LogP contribution in [0, 0.1) is 24.7 Å². The first-order valence-electron chi connectivity index (χ1n) is 8.77. The Labute approximate surface area is 137 Å². The molecule has 0 aromatic heterocycles. The maximum absolute atomic E-state index is 12.6. The summed E-state index contributed by atoms with van der Waals surface area (Å²) in [5.41, 5.74) is 2.07. The van der Waals surface area contributed by atoms with Crippen molar-refractivity contribution in [2.75, 3.05) is 11.4 Å². The minimum absolute atomic E-state index is 0.0574. The van der Waals surface area contributed by atoms with E-state index in [1.807, 2.05) is 31.2 Å². The van der Waals surface area contributed by atoms with E-state index >= 15 is 0 Å². The molecule has 4 heteroatoms. The van der Waals surface area contributed by atoms with Crippen LogP contribution in [0.4, 0.5) is 5.69 Å². The third-order valence-corrected chi connectivity index (χ3v) is 5.91. The van der Waals surface area contributed by atoms with Crippen LogP contribution in [0.25, 0.3) is 0 Å². The Morgan fingerprint density at radius 1 is 1.17 bits per heavy atom. The molecule has 4 atom stereocenters. The maximum Gasteiger partial charge on any atom is 0.227 e. The van der Waals surface area contributed by atoms with E-state index in [0.717, 1.165) is 18.0 Å². The van der Waals surface area contributed by atoms with Crippen LogP contribution in [-0.4, -0.2) is 24.4 Å². The van der Waals surface area contributed by atoms with E-state index in [4.69, 9.17) is 0 Å². The first-order valence-corrected chi connectivity index (χ1v) is 8.77. The first-order chi connectivity index (χ1) is 11.1. The van der Waals surface area contributed by atoms with Crippen molar-refractivity contribution < 1.29 is 9.59 Å². The van der Waals surface area contributed by atoms with E-state index in [1.165, 1.54) is 24.8 Å². The molecule has 3 aliphatic rings. The Balaban J connectivity index is 1.39. The number of benzene rings is 1. The molecule has 1 saturated heterocycles. The molecule has 0 radical (unpaired) electrons. The summed E-state index contributed by atoms with van der Waals surface area (Å²) < 4.78 is 0. The molecule has 2 saturated carbocycles. The minimum Gasteiger partial charge on any atom is -0.353 e. The molecular weight excluding hydrogens is 288 g/mol. The summed E-state index contributed by atoms with van der Waals surface area (Å²) >= 11 is 0. The van der Waals surface area contributed by atoms with Crippen LogP contribution in [0.5, 0.6) is 0 Å². The fourth-order valence-electron chi connectivity index (χ4n) is 4.58. The number of carbonyl (C=O) groups is 2. The molecule has 0 spiro atoms. The Bertz CT molecular complexity index is 625. The second-order valence-electron chi connectivity index (χ2n) is 7.53. The van der Waals surface area contributed by atoms with Crippen molar-refractivity contribution in [2.45, 2.75) is 45.1 Å². The standard InChI is InChI=1S/C19H24N2O2/c1-12-2-6-16(7-3-12)21-11-15(10-18(21)22)19(23)20-17-9-13-4-5-14(17)8-13/h2-3,6-7,13-15,17H,4-5,8-11H2,1H3,(H,20,23)/t13-,14-,15+,17+/m0/s1. The van der Waals surface area contributed by atoms with Gasteiger partial charge in [-0.1, -0.05) is 24.1 Å². The van der Waals surface area contributed by atoms with E-state index in [2.05, 4.69) is 5.32 Å². The fraction of sp³-hybridized carbons (Fsp3) is 0.579. The minimum atomic E-state index is -0.206. The zero-order chi connectivity index (χ0) is 16.0. The molecule has 2 aliphatic carbocycles. The van der Waals surface area contributed by atoms with Gasteiger partial charge in [-0.2, -0.15) is 0 Å². The third-order valence-electron chi connectivity index (χ3n) is 5.91. The van der Waals surface area contributed by atoms with Gasteiger partial charge in [0, 0.05) is 24.7 Å². The molecule has 2 bridgehead atoms. The zero-order valence-electron chi connectivity index (χ0n) is 13.6. The van der Waals surface area contributed by atoms with Gasteiger partial charge in [-0.3, -0.25) is 9.59 Å². The van der Waals surface area contributed by atoms with Crippen LogP contribution < -0.4 is 10.2 Å². The number of fused-ring (bicyclic) bond motifs is 2. The number of carbonyl (C=O) groups excluding carboxylic acids is 2. The van der Waals surface area contributed by atoms with Gasteiger partial charge in [0.25, 0.3) is 0 Å². The number of nitrogens with zero attached hydrogens (tertiary/aromatic N) is 1. The van der Waals surface area contributed by atoms with Gasteiger partial charge < -0.3 is 10.2 Å². The molecule has 4 nitrogen and oxygen atoms in total. The highest BCUT2D eigenvalue weighted by Gasteiger charge is 2.42. The predicted octanol–water partition coefficient (Wildman–Crippen LogP) is 2.65. The van der Waals surface area contributed by atoms with E-state index in [1.54, 1.807) is 4.90 Å². The van der Waals surface area contributed by atoms with Crippen molar-refractivity contribution in [1.82, 2.24) is 5.32 Å². The van der Waals surface area contributed by atoms with Crippen LogP contribution in [0.1, 0.15) is 37.7 Å². The molecule has 122 valence electrons. The summed E-state index contributed by atoms with van der Waals surface area (Å²) in [5.74, 6) is 1.42. The largest absolute Gasteiger partial charge is 0.353 e. The van der Waals surface area contributed by atoms with Gasteiger partial charge in [0.1, 0.15) is 0 Å². The quantitative estimate of drug-likeness (QED) is 0.933. The van der Waals surface area contributed by atoms with Gasteiger partial charge >= 0.3 is 0 Å². The molecule has 4 rings (SSSR count). The Morgan fingerprint density at radius 3 is 2.61 bits per heavy atom. The summed E-state index contributed by atoms with van der Waals surface area (Å²) in [6.45, 7) is 2.54. The normalized spacial score (nSPS) is 32.6. The van der Waals surface area contributed by atoms with Crippen molar-refractivity contribution in [3.05, 3.63) is 29.8 Å². The molecule has 23 heavy (non-hydrogen) atoms. The van der Waals surface area contributed by atoms with E-state index in [0.29, 0.717) is 24.9 Å². The molecule has 2 amide bonds. The molecule has 1 aromatic rings. The molecular formula is C19H24N2O2. The van der Waals surface area contributed by atoms with Crippen LogP contribution in [-0.2, 0) is 9.59 Å². The summed E-state index contributed by atoms with van der Waals surface area (Å²) in [7, 11) is 0. The summed E-state index contributed by atoms with van der Waals surface area (Å²) in [6.07, 6.45) is 5.35. The lowest BCUT2D eigenvalue weighted by Gasteiger charge is -2.24. The highest BCUT2D eigenvalue weighted by molar-refractivity contribution is 6.00. The third kappa shape index (κ3) is 2.75. The molecule has 0 unspecified atom stereocenters. The van der Waals surface area contributed by atoms with Crippen molar-refractivity contribution in [2.24, 2.45) is 17.8 Å². The average Bonchev–Trinajstić information content (AvgIpc) is 3.23. The van der Waals surface area contributed by atoms with Crippen LogP contribution in [0.2, 0.25) is 0 Å². The summed E-state index contributed by atoms with van der Waals surface area (Å²) in [6, 6.07) is 8.29. The molecule has 1 N–H and O–H groups in total. The van der Waals surface area contributed by atoms with Gasteiger partial charge in [-0.25, -0.2) is 0 Å². The number of amides is 2. The molecule has 1 heterocycles. The van der Waals surface area contributed by atoms with E-state index < -0.39 is 0 Å². The van der Waals surface area contributed by atoms with Crippen LogP contribution in [0.15, 0.2) is 24.3 Å². The highest BCUT2D eigenvalue weighted by Crippen LogP contribution is 2.44. The average molecular weight is 312 g/mol. The lowest BCUT2D eigenvalue weighted by atomic mass is 9.94. The van der Waals surface area contributed by atoms with Gasteiger partial charge in [0.15, 0.2) is 0 Å². The number of hydrogen-bond donors (Lipinski definition) is 1. The van der Waals surface area contributed by atoms with Gasteiger partial charge in [0.05, 0.1) is 5.92 Å². The number of nitrogens with one attached hydrogen (secondary N) is 1. The first kappa shape index (κ1) is 14.7. The molecule has 1 aliphatic heterocycles. The lowest BCUT2D eigenvalue weighted by molar-refractivity contribution is -0.127. The molecule has 3 fully saturated rings. The summed E-state index contributed by atoms with van der Waals surface area (Å²) in [5, 5.41) is 3.24. The Kier molecular flexibility index (Phi) is 3.63. The number of anilines is 1. The lowest BCUT2D eigenvalue weighted by Crippen LogP contribution is -2.42. The van der Waals surface area contributed by atoms with Crippen LogP contribution in [0.3, 0.4) is 0 Å². The SMILES string of the molecule is Cc1ccc(N2C[C@H](C(=O)N[C@@H]3C[C@H]4CC[C@H]3C4)CC2=O)cc1. The van der Waals surface area contributed by atoms with Crippen molar-refractivity contribution in [3.8, 4) is 0 Å². The maximum atomic E-state index is 12.6.